The molecule has 0 spiro atoms. The lowest BCUT2D eigenvalue weighted by atomic mass is 9.67. The first kappa shape index (κ1) is 19.7. The van der Waals surface area contributed by atoms with E-state index in [2.05, 4.69) is 50.0 Å². The minimum absolute atomic E-state index is 0.116. The van der Waals surface area contributed by atoms with Gasteiger partial charge in [0, 0.05) is 24.5 Å². The molecule has 1 N–H and O–H groups in total. The first-order valence-electron chi connectivity index (χ1n) is 8.63. The summed E-state index contributed by atoms with van der Waals surface area (Å²) in [5, 5.41) is 3.47. The molecule has 1 aliphatic rings. The van der Waals surface area contributed by atoms with Crippen molar-refractivity contribution in [3.05, 3.63) is 30.7 Å². The molecule has 0 radical (unpaired) electrons. The molecule has 3 heteroatoms. The van der Waals surface area contributed by atoms with Crippen LogP contribution >= 0.6 is 0 Å². The number of hydrogen-bond donors (Lipinski definition) is 1. The molecule has 0 bridgehead atoms. The highest BCUT2D eigenvalue weighted by Crippen LogP contribution is 2.42. The van der Waals surface area contributed by atoms with E-state index in [0.717, 1.165) is 30.5 Å². The van der Waals surface area contributed by atoms with Gasteiger partial charge in [0.15, 0.2) is 0 Å². The molecule has 1 unspecified atom stereocenters. The largest absolute Gasteiger partial charge is 0.379 e. The molecule has 0 aromatic heterocycles. The normalized spacial score (nSPS) is 29.8. The zero-order valence-electron chi connectivity index (χ0n) is 15.5. The van der Waals surface area contributed by atoms with Crippen LogP contribution in [0.3, 0.4) is 0 Å². The van der Waals surface area contributed by atoms with Gasteiger partial charge in [-0.25, -0.2) is 4.39 Å². The van der Waals surface area contributed by atoms with Crippen LogP contribution in [0.1, 0.15) is 59.8 Å². The highest BCUT2D eigenvalue weighted by molar-refractivity contribution is 6.00. The first-order valence-corrected chi connectivity index (χ1v) is 8.63. The molecule has 0 heterocycles. The van der Waals surface area contributed by atoms with E-state index in [1.165, 1.54) is 0 Å². The zero-order valence-corrected chi connectivity index (χ0v) is 15.5. The van der Waals surface area contributed by atoms with Gasteiger partial charge < -0.3 is 5.32 Å². The lowest BCUT2D eigenvalue weighted by molar-refractivity contribution is 0.0566. The van der Waals surface area contributed by atoms with Crippen molar-refractivity contribution in [3.63, 3.8) is 0 Å². The molecule has 0 amide bonds. The van der Waals surface area contributed by atoms with E-state index in [1.54, 1.807) is 13.1 Å². The summed E-state index contributed by atoms with van der Waals surface area (Å²) < 4.78 is 14.2. The van der Waals surface area contributed by atoms with Crippen LogP contribution in [0, 0.1) is 11.8 Å². The van der Waals surface area contributed by atoms with E-state index in [1.807, 2.05) is 7.05 Å². The van der Waals surface area contributed by atoms with Crippen LogP contribution in [0.15, 0.2) is 35.7 Å². The van der Waals surface area contributed by atoms with Crippen molar-refractivity contribution < 1.29 is 4.39 Å². The molecule has 1 aliphatic carbocycles. The molecule has 1 atom stereocenters. The molecule has 1 fully saturated rings. The molecule has 2 nitrogen and oxygen atoms in total. The van der Waals surface area contributed by atoms with Crippen LogP contribution in [0.5, 0.6) is 0 Å². The fourth-order valence-corrected chi connectivity index (χ4v) is 3.69. The number of aliphatic imine (C=N–C) groups is 1. The second-order valence-corrected chi connectivity index (χ2v) is 7.53. The average Bonchev–Trinajstić information content (AvgIpc) is 2.46. The Bertz CT molecular complexity index is 486. The zero-order chi connectivity index (χ0) is 17.7. The van der Waals surface area contributed by atoms with Gasteiger partial charge in [0.2, 0.25) is 0 Å². The number of nitrogens with zero attached hydrogens (tertiary/aromatic N) is 1. The molecule has 0 aliphatic heterocycles. The molecular formula is C20H33FN2. The van der Waals surface area contributed by atoms with Crippen molar-refractivity contribution in [1.29, 1.82) is 0 Å². The van der Waals surface area contributed by atoms with Gasteiger partial charge in [-0.3, -0.25) is 4.99 Å². The Morgan fingerprint density at radius 2 is 1.87 bits per heavy atom. The summed E-state index contributed by atoms with van der Waals surface area (Å²) in [4.78, 5) is 4.40. The molecule has 1 rings (SSSR count). The Labute approximate surface area is 141 Å². The van der Waals surface area contributed by atoms with E-state index < -0.39 is 5.67 Å². The minimum Gasteiger partial charge on any atom is -0.379 e. The summed E-state index contributed by atoms with van der Waals surface area (Å²) >= 11 is 0. The van der Waals surface area contributed by atoms with Crippen LogP contribution in [-0.2, 0) is 0 Å². The second-order valence-electron chi connectivity index (χ2n) is 7.53. The maximum Gasteiger partial charge on any atom is 0.108 e. The van der Waals surface area contributed by atoms with Crippen LogP contribution in [-0.4, -0.2) is 24.0 Å². The lowest BCUT2D eigenvalue weighted by Crippen LogP contribution is -2.52. The Morgan fingerprint density at radius 3 is 2.30 bits per heavy atom. The number of rotatable bonds is 7. The Hall–Kier alpha value is -1.34. The van der Waals surface area contributed by atoms with Gasteiger partial charge in [-0.2, -0.15) is 0 Å². The number of alkyl halides is 1. The summed E-state index contributed by atoms with van der Waals surface area (Å²) in [6, 6.07) is 0. The summed E-state index contributed by atoms with van der Waals surface area (Å²) in [6.07, 6.45) is 5.43. The summed E-state index contributed by atoms with van der Waals surface area (Å²) in [7, 11) is 1.83. The monoisotopic (exact) mass is 320 g/mol. The SMILES string of the molecule is C=C=CNC1(C(C)CC(=C)/C(=N/C)C(C)C)CCC(C)(F)CC1. The van der Waals surface area contributed by atoms with Crippen LogP contribution in [0.4, 0.5) is 4.39 Å². The topological polar surface area (TPSA) is 24.4 Å². The second kappa shape index (κ2) is 7.97. The van der Waals surface area contributed by atoms with Gasteiger partial charge >= 0.3 is 0 Å². The van der Waals surface area contributed by atoms with Gasteiger partial charge in [0.1, 0.15) is 5.67 Å². The highest BCUT2D eigenvalue weighted by Gasteiger charge is 2.43. The molecular weight excluding hydrogens is 287 g/mol. The van der Waals surface area contributed by atoms with E-state index in [0.29, 0.717) is 24.7 Å². The number of halogens is 1. The Kier molecular flexibility index (Phi) is 6.83. The standard InChI is InChI=1S/C20H33FN2/c1-8-13-23-20(11-9-19(6,21)10-12-20)17(5)14-16(4)18(22-7)15(2)3/h13,15,17,23H,1,4,9-12,14H2,2-3,5-7H3/b22-18+. The Balaban J connectivity index is 2.91. The molecule has 0 saturated heterocycles. The average molecular weight is 320 g/mol. The quantitative estimate of drug-likeness (QED) is 0.504. The van der Waals surface area contributed by atoms with E-state index in [4.69, 9.17) is 0 Å². The molecule has 1 saturated carbocycles. The fraction of sp³-hybridized carbons (Fsp3) is 0.700. The van der Waals surface area contributed by atoms with Crippen molar-refractivity contribution in [2.24, 2.45) is 16.8 Å². The third-order valence-electron chi connectivity index (χ3n) is 5.29. The molecule has 23 heavy (non-hydrogen) atoms. The maximum absolute atomic E-state index is 14.2. The van der Waals surface area contributed by atoms with E-state index in [-0.39, 0.29) is 5.54 Å². The van der Waals surface area contributed by atoms with Crippen LogP contribution in [0.2, 0.25) is 0 Å². The fourth-order valence-electron chi connectivity index (χ4n) is 3.69. The smallest absolute Gasteiger partial charge is 0.108 e. The van der Waals surface area contributed by atoms with Gasteiger partial charge in [0.05, 0.1) is 0 Å². The molecule has 130 valence electrons. The van der Waals surface area contributed by atoms with Crippen molar-refractivity contribution in [3.8, 4) is 0 Å². The third-order valence-corrected chi connectivity index (χ3v) is 5.29. The summed E-state index contributed by atoms with van der Waals surface area (Å²) in [6.45, 7) is 16.1. The third kappa shape index (κ3) is 5.07. The van der Waals surface area contributed by atoms with E-state index in [9.17, 15) is 4.39 Å². The summed E-state index contributed by atoms with van der Waals surface area (Å²) in [5.74, 6) is 0.711. The van der Waals surface area contributed by atoms with E-state index >= 15 is 0 Å². The van der Waals surface area contributed by atoms with Crippen LogP contribution < -0.4 is 5.32 Å². The van der Waals surface area contributed by atoms with Gasteiger partial charge in [-0.05, 0) is 56.4 Å². The van der Waals surface area contributed by atoms with Crippen LogP contribution in [0.25, 0.3) is 0 Å². The first-order chi connectivity index (χ1) is 10.7. The number of nitrogens with one attached hydrogen (secondary N) is 1. The predicted molar refractivity (Wildman–Crippen MR) is 98.7 cm³/mol. The molecule has 0 aromatic rings. The van der Waals surface area contributed by atoms with Crippen molar-refractivity contribution in [2.45, 2.75) is 71.0 Å². The van der Waals surface area contributed by atoms with Crippen molar-refractivity contribution >= 4 is 5.71 Å². The highest BCUT2D eigenvalue weighted by atomic mass is 19.1. The van der Waals surface area contributed by atoms with Gasteiger partial charge in [0.25, 0.3) is 0 Å². The number of allylic oxidation sites excluding steroid dienone is 1. The molecule has 0 aromatic carbocycles. The van der Waals surface area contributed by atoms with Gasteiger partial charge in [-0.1, -0.05) is 33.9 Å². The Morgan fingerprint density at radius 1 is 1.30 bits per heavy atom. The van der Waals surface area contributed by atoms with Crippen molar-refractivity contribution in [1.82, 2.24) is 5.32 Å². The van der Waals surface area contributed by atoms with Crippen molar-refractivity contribution in [2.75, 3.05) is 7.05 Å². The number of hydrogen-bond acceptors (Lipinski definition) is 2. The minimum atomic E-state index is -1.05. The van der Waals surface area contributed by atoms with Gasteiger partial charge in [-0.15, -0.1) is 5.73 Å². The maximum atomic E-state index is 14.2. The lowest BCUT2D eigenvalue weighted by Gasteiger charge is -2.46. The predicted octanol–water partition coefficient (Wildman–Crippen LogP) is 5.22. The summed E-state index contributed by atoms with van der Waals surface area (Å²) in [5.41, 5.74) is 3.80.